The first-order valence-corrected chi connectivity index (χ1v) is 5.73. The molecule has 1 aromatic carbocycles. The van der Waals surface area contributed by atoms with Crippen LogP contribution >= 0.6 is 0 Å². The number of para-hydroxylation sites is 1. The Hall–Kier alpha value is -1.55. The Morgan fingerprint density at radius 1 is 1.31 bits per heavy atom. The van der Waals surface area contributed by atoms with E-state index in [0.29, 0.717) is 0 Å². The number of benzene rings is 1. The minimum atomic E-state index is 0.904. The lowest BCUT2D eigenvalue weighted by Crippen LogP contribution is -2.41. The van der Waals surface area contributed by atoms with Gasteiger partial charge in [-0.25, -0.2) is 0 Å². The number of hydrogen-bond donors (Lipinski definition) is 1. The molecule has 0 unspecified atom stereocenters. The largest absolute Gasteiger partial charge is 0.342 e. The van der Waals surface area contributed by atoms with E-state index in [4.69, 9.17) is 0 Å². The zero-order valence-electron chi connectivity index (χ0n) is 9.48. The summed E-state index contributed by atoms with van der Waals surface area (Å²) in [5.74, 6) is 1.10. The van der Waals surface area contributed by atoms with Crippen molar-refractivity contribution in [3.8, 4) is 0 Å². The van der Waals surface area contributed by atoms with E-state index in [1.54, 1.807) is 0 Å². The fraction of sp³-hybridized carbons (Fsp3) is 0.417. The average molecular weight is 216 g/mol. The van der Waals surface area contributed by atoms with Gasteiger partial charge in [0.2, 0.25) is 0 Å². The van der Waals surface area contributed by atoms with Gasteiger partial charge >= 0.3 is 0 Å². The minimum Gasteiger partial charge on any atom is -0.342 e. The molecule has 4 heteroatoms. The maximum atomic E-state index is 4.62. The van der Waals surface area contributed by atoms with Gasteiger partial charge in [-0.05, 0) is 25.1 Å². The van der Waals surface area contributed by atoms with Gasteiger partial charge in [-0.2, -0.15) is 5.10 Å². The minimum absolute atomic E-state index is 0.904. The Morgan fingerprint density at radius 3 is 3.00 bits per heavy atom. The highest BCUT2D eigenvalue weighted by Crippen LogP contribution is 2.25. The highest BCUT2D eigenvalue weighted by Gasteiger charge is 2.16. The van der Waals surface area contributed by atoms with Crippen LogP contribution in [0.2, 0.25) is 0 Å². The maximum Gasteiger partial charge on any atom is 0.159 e. The van der Waals surface area contributed by atoms with Crippen molar-refractivity contribution in [2.75, 3.05) is 24.7 Å². The van der Waals surface area contributed by atoms with E-state index in [2.05, 4.69) is 39.6 Å². The molecule has 0 aliphatic carbocycles. The molecule has 16 heavy (non-hydrogen) atoms. The van der Waals surface area contributed by atoms with E-state index >= 15 is 0 Å². The summed E-state index contributed by atoms with van der Waals surface area (Å²) in [4.78, 5) is 2.31. The molecule has 3 rings (SSSR count). The lowest BCUT2D eigenvalue weighted by atomic mass is 10.2. The Balaban J connectivity index is 2.08. The second-order valence-corrected chi connectivity index (χ2v) is 4.24. The van der Waals surface area contributed by atoms with Crippen LogP contribution in [0.15, 0.2) is 24.3 Å². The number of aromatic nitrogens is 2. The lowest BCUT2D eigenvalue weighted by molar-refractivity contribution is 0.547. The highest BCUT2D eigenvalue weighted by atomic mass is 15.4. The van der Waals surface area contributed by atoms with Crippen molar-refractivity contribution in [1.82, 2.24) is 15.1 Å². The summed E-state index contributed by atoms with van der Waals surface area (Å²) in [5, 5.41) is 9.24. The number of anilines is 1. The van der Waals surface area contributed by atoms with Crippen LogP contribution in [0.25, 0.3) is 10.9 Å². The molecule has 1 aliphatic heterocycles. The Kier molecular flexibility index (Phi) is 2.29. The molecule has 0 saturated carbocycles. The smallest absolute Gasteiger partial charge is 0.159 e. The predicted molar refractivity (Wildman–Crippen MR) is 65.5 cm³/mol. The van der Waals surface area contributed by atoms with E-state index < -0.39 is 0 Å². The first-order valence-electron chi connectivity index (χ1n) is 5.73. The molecular weight excluding hydrogens is 200 g/mol. The molecule has 0 amide bonds. The van der Waals surface area contributed by atoms with Crippen LogP contribution in [0.4, 0.5) is 5.82 Å². The zero-order valence-corrected chi connectivity index (χ0v) is 9.48. The van der Waals surface area contributed by atoms with Crippen molar-refractivity contribution in [3.05, 3.63) is 24.3 Å². The van der Waals surface area contributed by atoms with E-state index in [9.17, 15) is 0 Å². The number of nitrogens with zero attached hydrogens (tertiary/aromatic N) is 3. The molecule has 0 spiro atoms. The summed E-state index contributed by atoms with van der Waals surface area (Å²) in [7, 11) is 2.00. The van der Waals surface area contributed by atoms with Crippen molar-refractivity contribution < 1.29 is 0 Å². The molecule has 1 N–H and O–H groups in total. The lowest BCUT2D eigenvalue weighted by Gasteiger charge is -2.27. The van der Waals surface area contributed by atoms with Crippen LogP contribution in [0.1, 0.15) is 6.42 Å². The van der Waals surface area contributed by atoms with Gasteiger partial charge in [-0.1, -0.05) is 12.1 Å². The quantitative estimate of drug-likeness (QED) is 0.780. The van der Waals surface area contributed by atoms with Crippen LogP contribution in [0, 0.1) is 0 Å². The summed E-state index contributed by atoms with van der Waals surface area (Å²) >= 11 is 0. The molecule has 4 nitrogen and oxygen atoms in total. The summed E-state index contributed by atoms with van der Waals surface area (Å²) in [6.45, 7) is 3.11. The van der Waals surface area contributed by atoms with E-state index in [1.165, 1.54) is 17.3 Å². The molecule has 1 fully saturated rings. The van der Waals surface area contributed by atoms with E-state index in [1.807, 2.05) is 11.7 Å². The second-order valence-electron chi connectivity index (χ2n) is 4.24. The van der Waals surface area contributed by atoms with Gasteiger partial charge in [0, 0.05) is 19.0 Å². The van der Waals surface area contributed by atoms with Crippen LogP contribution in [0.3, 0.4) is 0 Å². The third kappa shape index (κ3) is 1.46. The SMILES string of the molecule is Cn1nc(N2CCCNC2)c2ccccc21. The fourth-order valence-electron chi connectivity index (χ4n) is 2.30. The third-order valence-corrected chi connectivity index (χ3v) is 3.12. The molecule has 84 valence electrons. The molecule has 2 heterocycles. The summed E-state index contributed by atoms with van der Waals surface area (Å²) in [5.41, 5.74) is 1.20. The van der Waals surface area contributed by atoms with Gasteiger partial charge in [0.1, 0.15) is 0 Å². The van der Waals surface area contributed by atoms with Gasteiger partial charge < -0.3 is 4.90 Å². The number of hydrogen-bond acceptors (Lipinski definition) is 3. The normalized spacial score (nSPS) is 16.9. The molecule has 0 atom stereocenters. The number of nitrogens with one attached hydrogen (secondary N) is 1. The van der Waals surface area contributed by atoms with Gasteiger partial charge in [-0.15, -0.1) is 0 Å². The van der Waals surface area contributed by atoms with Gasteiger partial charge in [-0.3, -0.25) is 10.00 Å². The third-order valence-electron chi connectivity index (χ3n) is 3.12. The summed E-state index contributed by atoms with van der Waals surface area (Å²) < 4.78 is 1.96. The topological polar surface area (TPSA) is 33.1 Å². The first-order chi connectivity index (χ1) is 7.86. The molecule has 1 aliphatic rings. The second kappa shape index (κ2) is 3.79. The molecule has 2 aromatic rings. The Bertz CT molecular complexity index is 497. The van der Waals surface area contributed by atoms with E-state index in [-0.39, 0.29) is 0 Å². The van der Waals surface area contributed by atoms with Crippen LogP contribution < -0.4 is 10.2 Å². The molecule has 0 radical (unpaired) electrons. The number of fused-ring (bicyclic) bond motifs is 1. The van der Waals surface area contributed by atoms with Crippen molar-refractivity contribution in [1.29, 1.82) is 0 Å². The molecular formula is C12H16N4. The van der Waals surface area contributed by atoms with Crippen molar-refractivity contribution in [2.45, 2.75) is 6.42 Å². The highest BCUT2D eigenvalue weighted by molar-refractivity contribution is 5.90. The monoisotopic (exact) mass is 216 g/mol. The van der Waals surface area contributed by atoms with E-state index in [0.717, 1.165) is 25.6 Å². The molecule has 1 aromatic heterocycles. The van der Waals surface area contributed by atoms with Crippen molar-refractivity contribution in [2.24, 2.45) is 7.05 Å². The van der Waals surface area contributed by atoms with Gasteiger partial charge in [0.25, 0.3) is 0 Å². The van der Waals surface area contributed by atoms with Crippen LogP contribution in [0.5, 0.6) is 0 Å². The Labute approximate surface area is 94.8 Å². The summed E-state index contributed by atoms with van der Waals surface area (Å²) in [6.07, 6.45) is 1.19. The predicted octanol–water partition coefficient (Wildman–Crippen LogP) is 1.33. The van der Waals surface area contributed by atoms with Crippen molar-refractivity contribution in [3.63, 3.8) is 0 Å². The maximum absolute atomic E-state index is 4.62. The van der Waals surface area contributed by atoms with Crippen LogP contribution in [-0.4, -0.2) is 29.5 Å². The molecule has 0 bridgehead atoms. The number of rotatable bonds is 1. The van der Waals surface area contributed by atoms with Crippen molar-refractivity contribution >= 4 is 16.7 Å². The van der Waals surface area contributed by atoms with Gasteiger partial charge in [0.15, 0.2) is 5.82 Å². The molecule has 1 saturated heterocycles. The van der Waals surface area contributed by atoms with Gasteiger partial charge in [0.05, 0.1) is 12.2 Å². The fourth-order valence-corrected chi connectivity index (χ4v) is 2.30. The Morgan fingerprint density at radius 2 is 2.19 bits per heavy atom. The number of aryl methyl sites for hydroxylation is 1. The zero-order chi connectivity index (χ0) is 11.0. The standard InChI is InChI=1S/C12H16N4/c1-15-11-6-3-2-5-10(11)12(14-15)16-8-4-7-13-9-16/h2-3,5-6,13H,4,7-9H2,1H3. The summed E-state index contributed by atoms with van der Waals surface area (Å²) in [6, 6.07) is 8.39. The van der Waals surface area contributed by atoms with Crippen LogP contribution in [-0.2, 0) is 7.05 Å². The average Bonchev–Trinajstić information content (AvgIpc) is 2.69. The first kappa shape index (κ1) is 9.66.